The summed E-state index contributed by atoms with van der Waals surface area (Å²) in [5.74, 6) is 4.72. The minimum atomic E-state index is -0.708. The van der Waals surface area contributed by atoms with Crippen molar-refractivity contribution >= 4 is 62.7 Å². The Morgan fingerprint density at radius 1 is 0.611 bits per heavy atom. The number of aromatic amines is 2. The molecule has 1 fully saturated rings. The summed E-state index contributed by atoms with van der Waals surface area (Å²) < 4.78 is 74.5. The SMILES string of the molecule is CCC1=C(C)c2cc3[nH]c(c(C)c3CC)c(C#CCCCC(=O)ON3C(=O)CCC3=O)c3nc(c4c5[nH]c(cc1n2)c(C)c5C(=O)C4)[C@@H](CCC(=O)OCc1cc(OCCOCCOCCOC)c(OCCOCCOCCOC)c(OCCOCCOCCOC)c1)[C@@H]3C. The zero-order valence-electron chi connectivity index (χ0n) is 56.6. The number of ketones is 1. The van der Waals surface area contributed by atoms with Crippen LogP contribution in [0, 0.1) is 25.7 Å². The molecule has 0 radical (unpaired) electrons. The molecule has 3 aromatic heterocycles. The van der Waals surface area contributed by atoms with E-state index in [4.69, 9.17) is 76.4 Å². The van der Waals surface area contributed by atoms with Crippen LogP contribution < -0.4 is 14.2 Å². The quantitative estimate of drug-likeness (QED) is 0.0181. The van der Waals surface area contributed by atoms with Crippen LogP contribution in [0.4, 0.5) is 0 Å². The zero-order valence-corrected chi connectivity index (χ0v) is 56.6. The van der Waals surface area contributed by atoms with Crippen molar-refractivity contribution in [3.8, 4) is 29.1 Å². The Morgan fingerprint density at radius 3 is 1.73 bits per heavy atom. The van der Waals surface area contributed by atoms with E-state index in [2.05, 4.69) is 62.5 Å². The van der Waals surface area contributed by atoms with Gasteiger partial charge in [-0.2, -0.15) is 0 Å². The van der Waals surface area contributed by atoms with Crippen LogP contribution in [-0.4, -0.2) is 195 Å². The molecule has 1 aromatic carbocycles. The fraction of sp³-hybridized carbons (Fsp3) is 0.563. The average molecular weight is 1320 g/mol. The number of esters is 1. The van der Waals surface area contributed by atoms with Gasteiger partial charge in [-0.3, -0.25) is 24.2 Å². The number of fused-ring (bicyclic) bond motifs is 8. The smallest absolute Gasteiger partial charge is 0.333 e. The number of carbonyl (C=O) groups excluding carboxylic acids is 5. The first-order valence-electron chi connectivity index (χ1n) is 32.9. The van der Waals surface area contributed by atoms with Gasteiger partial charge in [-0.25, -0.2) is 9.78 Å². The first kappa shape index (κ1) is 73.2. The lowest BCUT2D eigenvalue weighted by molar-refractivity contribution is -0.197. The molecule has 3 aliphatic heterocycles. The molecule has 24 heteroatoms. The van der Waals surface area contributed by atoms with Gasteiger partial charge in [0.1, 0.15) is 26.4 Å². The largest absolute Gasteiger partial charge is 0.487 e. The summed E-state index contributed by atoms with van der Waals surface area (Å²) >= 11 is 0. The van der Waals surface area contributed by atoms with Crippen molar-refractivity contribution in [3.63, 3.8) is 0 Å². The van der Waals surface area contributed by atoms with Crippen LogP contribution in [-0.2, 0) is 90.8 Å². The normalized spacial score (nSPS) is 15.1. The summed E-state index contributed by atoms with van der Waals surface area (Å²) in [6.45, 7) is 18.3. The number of H-pyrrole nitrogens is 2. The predicted molar refractivity (Wildman–Crippen MR) is 352 cm³/mol. The van der Waals surface area contributed by atoms with Gasteiger partial charge >= 0.3 is 11.9 Å². The Morgan fingerprint density at radius 2 is 1.16 bits per heavy atom. The first-order valence-corrected chi connectivity index (χ1v) is 32.9. The Bertz CT molecular complexity index is 3520. The summed E-state index contributed by atoms with van der Waals surface area (Å²) in [5.41, 5.74) is 13.7. The molecule has 0 saturated carbocycles. The number of unbranched alkanes of at least 4 members (excludes halogenated alkanes) is 1. The molecule has 8 rings (SSSR count). The van der Waals surface area contributed by atoms with E-state index in [-0.39, 0.29) is 109 Å². The number of hydrogen-bond acceptors (Lipinski definition) is 21. The molecule has 1 aliphatic carbocycles. The number of hydrogen-bond donors (Lipinski definition) is 2. The van der Waals surface area contributed by atoms with Crippen molar-refractivity contribution < 1.29 is 90.4 Å². The number of allylic oxidation sites excluding steroid dienone is 2. The molecule has 2 atom stereocenters. The molecule has 2 amide bonds. The number of ether oxygens (including phenoxy) is 13. The Kier molecular flexibility index (Phi) is 29.0. The highest BCUT2D eigenvalue weighted by Gasteiger charge is 2.38. The maximum absolute atomic E-state index is 14.4. The van der Waals surface area contributed by atoms with E-state index in [0.29, 0.717) is 148 Å². The van der Waals surface area contributed by atoms with E-state index in [1.165, 1.54) is 0 Å². The molecule has 1 saturated heterocycles. The van der Waals surface area contributed by atoms with Crippen molar-refractivity contribution in [1.82, 2.24) is 25.0 Å². The average Bonchev–Trinajstić information content (AvgIpc) is 1.58. The van der Waals surface area contributed by atoms with Crippen molar-refractivity contribution in [2.75, 3.05) is 140 Å². The van der Waals surface area contributed by atoms with Crippen LogP contribution in [0.25, 0.3) is 33.2 Å². The van der Waals surface area contributed by atoms with Gasteiger partial charge in [0.15, 0.2) is 17.3 Å². The second-order valence-corrected chi connectivity index (χ2v) is 23.2. The molecular formula is C71H93N5O19. The monoisotopic (exact) mass is 1320 g/mol. The van der Waals surface area contributed by atoms with Crippen LogP contribution in [0.5, 0.6) is 17.2 Å². The fourth-order valence-corrected chi connectivity index (χ4v) is 11.8. The van der Waals surface area contributed by atoms with E-state index in [9.17, 15) is 24.0 Å². The van der Waals surface area contributed by atoms with Crippen LogP contribution >= 0.6 is 0 Å². The Labute approximate surface area is 555 Å². The number of Topliss-reactive ketones (excluding diaryl/α,β-unsaturated/α-hetero) is 1. The number of rotatable bonds is 41. The third kappa shape index (κ3) is 19.8. The zero-order chi connectivity index (χ0) is 67.6. The van der Waals surface area contributed by atoms with Crippen molar-refractivity contribution in [3.05, 3.63) is 86.0 Å². The lowest BCUT2D eigenvalue weighted by Gasteiger charge is -2.19. The lowest BCUT2D eigenvalue weighted by Crippen LogP contribution is -2.31. The summed E-state index contributed by atoms with van der Waals surface area (Å²) in [7, 11) is 4.84. The van der Waals surface area contributed by atoms with Crippen LogP contribution in [0.2, 0.25) is 0 Å². The summed E-state index contributed by atoms with van der Waals surface area (Å²) in [4.78, 5) is 89.3. The third-order valence-corrected chi connectivity index (χ3v) is 16.8. The molecule has 95 heavy (non-hydrogen) atoms. The number of imide groups is 1. The first-order chi connectivity index (χ1) is 46.2. The number of nitrogens with zero attached hydrogens (tertiary/aromatic N) is 3. The van der Waals surface area contributed by atoms with Gasteiger partial charge < -0.3 is 76.4 Å². The molecule has 6 heterocycles. The molecule has 516 valence electrons. The lowest BCUT2D eigenvalue weighted by atomic mass is 9.84. The molecule has 4 aliphatic rings. The molecular weight excluding hydrogens is 1230 g/mol. The van der Waals surface area contributed by atoms with E-state index in [1.807, 2.05) is 13.0 Å². The Balaban J connectivity index is 1.10. The third-order valence-electron chi connectivity index (χ3n) is 16.8. The topological polar surface area (TPSA) is 275 Å². The molecule has 8 bridgehead atoms. The number of carbonyl (C=O) groups is 5. The molecule has 0 spiro atoms. The van der Waals surface area contributed by atoms with Gasteiger partial charge in [0.05, 0.1) is 138 Å². The van der Waals surface area contributed by atoms with Gasteiger partial charge in [-0.1, -0.05) is 32.6 Å². The molecule has 4 aromatic rings. The number of amides is 2. The highest BCUT2D eigenvalue weighted by Crippen LogP contribution is 2.46. The Hall–Kier alpha value is -7.57. The summed E-state index contributed by atoms with van der Waals surface area (Å²) in [6, 6.07) is 7.63. The fourth-order valence-electron chi connectivity index (χ4n) is 11.8. The maximum atomic E-state index is 14.4. The molecule has 2 N–H and O–H groups in total. The van der Waals surface area contributed by atoms with E-state index in [1.54, 1.807) is 33.5 Å². The van der Waals surface area contributed by atoms with E-state index in [0.717, 1.165) is 67.8 Å². The second-order valence-electron chi connectivity index (χ2n) is 23.2. The van der Waals surface area contributed by atoms with Crippen LogP contribution in [0.3, 0.4) is 0 Å². The number of benzene rings is 1. The molecule has 24 nitrogen and oxygen atoms in total. The minimum Gasteiger partial charge on any atom is -0.487 e. The van der Waals surface area contributed by atoms with Gasteiger partial charge in [0.2, 0.25) is 5.75 Å². The van der Waals surface area contributed by atoms with Gasteiger partial charge in [0, 0.05) is 93.9 Å². The van der Waals surface area contributed by atoms with Crippen LogP contribution in [0.1, 0.15) is 157 Å². The minimum absolute atomic E-state index is 0.00505. The standard InChI is InChI=1S/C71H93N5O19/c1-10-50-45(3)55-42-58-51(11-2)46(4)67(74-58)53(15-13-12-14-16-65(81)95-76-62(78)18-19-63(76)79)68-47(5)52(69(75-68)54-41-59(77)66-48(6)56(73-70(54)66)43-57(50)72-55)17-20-64(80)94-44-49-39-60(91-36-33-88-30-27-85-24-21-82-7)71(93-38-35-90-32-29-87-26-23-84-9)61(40-49)92-37-34-89-31-28-86-25-22-83-8/h39-40,42-43,47,52,73-74H,10-12,14,16-38,41,44H2,1-9H3/t47-,52-/m0/s1. The second kappa shape index (κ2) is 37.7. The predicted octanol–water partition coefficient (Wildman–Crippen LogP) is 9.29. The summed E-state index contributed by atoms with van der Waals surface area (Å²) in [6.07, 6.45) is 2.28. The highest BCUT2D eigenvalue weighted by molar-refractivity contribution is 6.13. The van der Waals surface area contributed by atoms with Gasteiger partial charge in [-0.15, -0.1) is 5.06 Å². The number of aromatic nitrogens is 4. The highest BCUT2D eigenvalue weighted by atomic mass is 16.7. The van der Waals surface area contributed by atoms with Gasteiger partial charge in [-0.05, 0) is 104 Å². The van der Waals surface area contributed by atoms with E-state index >= 15 is 0 Å². The van der Waals surface area contributed by atoms with Gasteiger partial charge in [0.25, 0.3) is 11.8 Å². The number of hydroxylamine groups is 2. The van der Waals surface area contributed by atoms with E-state index < -0.39 is 23.8 Å². The number of nitrogens with one attached hydrogen (secondary N) is 2. The number of methoxy groups -OCH3 is 3. The maximum Gasteiger partial charge on any atom is 0.333 e. The van der Waals surface area contributed by atoms with Crippen molar-refractivity contribution in [2.45, 2.75) is 124 Å². The van der Waals surface area contributed by atoms with Crippen LogP contribution in [0.15, 0.2) is 24.3 Å². The van der Waals surface area contributed by atoms with Crippen molar-refractivity contribution in [2.24, 2.45) is 0 Å². The summed E-state index contributed by atoms with van der Waals surface area (Å²) in [5, 5.41) is 0.550. The molecule has 0 unspecified atom stereocenters. The van der Waals surface area contributed by atoms with Crippen molar-refractivity contribution in [1.29, 1.82) is 0 Å². The number of aryl methyl sites for hydroxylation is 3.